The Hall–Kier alpha value is -3.40. The van der Waals surface area contributed by atoms with Crippen molar-refractivity contribution in [1.82, 2.24) is 15.1 Å². The summed E-state index contributed by atoms with van der Waals surface area (Å²) < 4.78 is 45.2. The average molecular weight is 888 g/mol. The normalized spacial score (nSPS) is 22.7. The fourth-order valence-corrected chi connectivity index (χ4v) is 8.41. The summed E-state index contributed by atoms with van der Waals surface area (Å²) >= 11 is 14.5. The fourth-order valence-electron chi connectivity index (χ4n) is 8.09. The summed E-state index contributed by atoms with van der Waals surface area (Å²) in [5, 5.41) is 13.9. The molecule has 2 aromatic rings. The number of nitrogens with zero attached hydrogens (tertiary/aromatic N) is 3. The summed E-state index contributed by atoms with van der Waals surface area (Å²) in [4.78, 5) is 30.6. The van der Waals surface area contributed by atoms with Gasteiger partial charge in [-0.1, -0.05) is 64.5 Å². The van der Waals surface area contributed by atoms with Crippen molar-refractivity contribution in [2.45, 2.75) is 61.2 Å². The molecule has 2 bridgehead atoms. The van der Waals surface area contributed by atoms with Crippen molar-refractivity contribution in [2.24, 2.45) is 0 Å². The van der Waals surface area contributed by atoms with E-state index in [2.05, 4.69) is 33.8 Å². The van der Waals surface area contributed by atoms with Gasteiger partial charge in [-0.05, 0) is 44.9 Å². The van der Waals surface area contributed by atoms with Gasteiger partial charge >= 0.3 is 12.2 Å². The molecule has 5 atom stereocenters. The molecule has 1 amide bonds. The lowest BCUT2D eigenvalue weighted by Crippen LogP contribution is -2.68. The number of rotatable bonds is 12. The topological polar surface area (TPSA) is 150 Å². The van der Waals surface area contributed by atoms with E-state index in [1.165, 1.54) is 6.08 Å². The van der Waals surface area contributed by atoms with Crippen LogP contribution in [0.2, 0.25) is 0 Å². The van der Waals surface area contributed by atoms with E-state index < -0.39 is 34.7 Å². The second kappa shape index (κ2) is 16.1. The molecule has 0 saturated carbocycles. The van der Waals surface area contributed by atoms with Crippen LogP contribution in [0.15, 0.2) is 18.7 Å². The molecule has 2 aromatic carbocycles. The minimum absolute atomic E-state index is 0.0181. The number of carbonyl (C=O) groups is 2. The first-order chi connectivity index (χ1) is 25.4. The largest absolute Gasteiger partial charge is 0.514 e. The van der Waals surface area contributed by atoms with Crippen molar-refractivity contribution in [3.8, 4) is 34.8 Å². The van der Waals surface area contributed by atoms with Gasteiger partial charge in [0.15, 0.2) is 34.1 Å². The van der Waals surface area contributed by atoms with Crippen molar-refractivity contribution >= 4 is 58.0 Å². The molecule has 0 aliphatic carbocycles. The highest BCUT2D eigenvalue weighted by Crippen LogP contribution is 2.58. The number of benzene rings is 2. The predicted molar refractivity (Wildman–Crippen MR) is 202 cm³/mol. The maximum Gasteiger partial charge on any atom is 0.514 e. The smallest absolute Gasteiger partial charge is 0.493 e. The number of halogens is 3. The standard InChI is InChI=1S/C36H41Cl2IN4O10/c1-7-8-48-35(45)53-30-19(3)31-33(52-17-51-31)27-21(30)11-23-28-26-20(9-18(2)29(47-6)32(26)50-16-46-5)10-22(42(28)4)24(12-40)43(23)25(27)13-41-34(44)49-15-36(37,38)14-39/h7,9,22-25,28H,1,8,10-11,13-17H2,2-6H3,(H,41,44)/t22-,23?,24-,25-,28+/m0/s1. The molecule has 1 unspecified atom stereocenters. The second-order valence-corrected chi connectivity index (χ2v) is 15.6. The number of aryl methyl sites for hydroxylation is 1. The minimum atomic E-state index is -1.27. The fraction of sp³-hybridized carbons (Fsp3) is 0.528. The molecule has 53 heavy (non-hydrogen) atoms. The molecule has 4 aliphatic heterocycles. The van der Waals surface area contributed by atoms with Gasteiger partial charge in [-0.25, -0.2) is 9.59 Å². The predicted octanol–water partition coefficient (Wildman–Crippen LogP) is 5.83. The highest BCUT2D eigenvalue weighted by atomic mass is 127. The number of fused-ring (bicyclic) bond motifs is 9. The Morgan fingerprint density at radius 3 is 2.57 bits per heavy atom. The number of nitrogens with one attached hydrogen (secondary N) is 1. The molecule has 1 N–H and O–H groups in total. The summed E-state index contributed by atoms with van der Waals surface area (Å²) in [6.45, 7) is 6.93. The summed E-state index contributed by atoms with van der Waals surface area (Å²) in [5.74, 6) is 2.20. The third-order valence-corrected chi connectivity index (χ3v) is 12.8. The van der Waals surface area contributed by atoms with E-state index in [1.807, 2.05) is 36.6 Å². The van der Waals surface area contributed by atoms with Crippen LogP contribution < -0.4 is 29.0 Å². The van der Waals surface area contributed by atoms with Crippen LogP contribution >= 0.6 is 45.8 Å². The van der Waals surface area contributed by atoms with Crippen LogP contribution in [-0.4, -0.2) is 104 Å². The second-order valence-electron chi connectivity index (χ2n) is 13.2. The Balaban J connectivity index is 1.54. The van der Waals surface area contributed by atoms with E-state index in [0.717, 1.165) is 16.7 Å². The number of alkyl carbamates (subject to hydrolysis) is 1. The van der Waals surface area contributed by atoms with Gasteiger partial charge in [-0.15, -0.1) is 0 Å². The molecule has 0 aromatic heterocycles. The van der Waals surface area contributed by atoms with E-state index in [-0.39, 0.29) is 51.2 Å². The van der Waals surface area contributed by atoms with Crippen molar-refractivity contribution in [1.29, 1.82) is 5.26 Å². The van der Waals surface area contributed by atoms with Gasteiger partial charge in [-0.3, -0.25) is 9.80 Å². The first-order valence-electron chi connectivity index (χ1n) is 16.9. The Kier molecular flexibility index (Phi) is 12.0. The first-order valence-corrected chi connectivity index (χ1v) is 19.1. The lowest BCUT2D eigenvalue weighted by atomic mass is 9.71. The minimum Gasteiger partial charge on any atom is -0.493 e. The molecule has 0 spiro atoms. The Bertz CT molecular complexity index is 1820. The van der Waals surface area contributed by atoms with Crippen LogP contribution in [0.3, 0.4) is 0 Å². The lowest BCUT2D eigenvalue weighted by molar-refractivity contribution is -0.0731. The van der Waals surface area contributed by atoms with Crippen LogP contribution in [-0.2, 0) is 27.1 Å². The van der Waals surface area contributed by atoms with Gasteiger partial charge in [0.1, 0.15) is 25.0 Å². The molecule has 4 heterocycles. The highest BCUT2D eigenvalue weighted by Gasteiger charge is 2.57. The summed E-state index contributed by atoms with van der Waals surface area (Å²) in [6, 6.07) is 2.28. The number of nitriles is 1. The van der Waals surface area contributed by atoms with Gasteiger partial charge < -0.3 is 43.2 Å². The molecule has 286 valence electrons. The van der Waals surface area contributed by atoms with E-state index in [4.69, 9.17) is 61.1 Å². The number of methoxy groups -OCH3 is 2. The number of carbonyl (C=O) groups excluding carboxylic acids is 2. The first kappa shape index (κ1) is 39.3. The van der Waals surface area contributed by atoms with Gasteiger partial charge in [0.25, 0.3) is 0 Å². The van der Waals surface area contributed by atoms with Crippen LogP contribution in [0.25, 0.3) is 0 Å². The van der Waals surface area contributed by atoms with Crippen molar-refractivity contribution in [3.63, 3.8) is 0 Å². The average Bonchev–Trinajstić information content (AvgIpc) is 3.63. The number of amides is 1. The molecule has 14 nitrogen and oxygen atoms in total. The molecule has 4 aliphatic rings. The monoisotopic (exact) mass is 886 g/mol. The van der Waals surface area contributed by atoms with Gasteiger partial charge in [0.05, 0.1) is 25.3 Å². The quantitative estimate of drug-likeness (QED) is 0.0681. The van der Waals surface area contributed by atoms with Gasteiger partial charge in [-0.2, -0.15) is 5.26 Å². The molecule has 0 radical (unpaired) electrons. The van der Waals surface area contributed by atoms with Crippen LogP contribution in [0.1, 0.15) is 45.5 Å². The number of likely N-dealkylation sites (N-methyl/N-ethyl adjacent to an activating group) is 1. The van der Waals surface area contributed by atoms with E-state index in [9.17, 15) is 14.9 Å². The lowest BCUT2D eigenvalue weighted by Gasteiger charge is -2.60. The molecular formula is C36H41Cl2IN4O10. The molecule has 17 heteroatoms. The number of hydrogen-bond acceptors (Lipinski definition) is 13. The third kappa shape index (κ3) is 7.26. The zero-order valence-electron chi connectivity index (χ0n) is 30.0. The van der Waals surface area contributed by atoms with Crippen molar-refractivity contribution in [2.75, 3.05) is 59.0 Å². The Morgan fingerprint density at radius 2 is 1.89 bits per heavy atom. The van der Waals surface area contributed by atoms with Gasteiger partial charge in [0.2, 0.25) is 6.79 Å². The highest BCUT2D eigenvalue weighted by molar-refractivity contribution is 14.1. The molecule has 1 saturated heterocycles. The van der Waals surface area contributed by atoms with Crippen molar-refractivity contribution in [3.05, 3.63) is 52.1 Å². The zero-order chi connectivity index (χ0) is 38.2. The van der Waals surface area contributed by atoms with Gasteiger partial charge in [0, 0.05) is 52.4 Å². The number of piperazine rings is 1. The van der Waals surface area contributed by atoms with Crippen LogP contribution in [0, 0.1) is 25.2 Å². The summed E-state index contributed by atoms with van der Waals surface area (Å²) in [7, 11) is 5.15. The van der Waals surface area contributed by atoms with Crippen LogP contribution in [0.4, 0.5) is 9.59 Å². The van der Waals surface area contributed by atoms with Crippen molar-refractivity contribution < 1.29 is 47.5 Å². The number of alkyl halides is 3. The third-order valence-electron chi connectivity index (χ3n) is 10.1. The SMILES string of the molecule is C=CCOC(=O)Oc1c(C)c2c(c3c1CC1[C@@H]4c5c(cc(C)c(OC)c5OCOC)C[C@@H]([C@H](C#N)N1[C@H]3CNC(=O)OCC(Cl)(Cl)CI)N4C)OCO2. The van der Waals surface area contributed by atoms with E-state index in [0.29, 0.717) is 57.0 Å². The number of hydrogen-bond donors (Lipinski definition) is 1. The zero-order valence-corrected chi connectivity index (χ0v) is 33.6. The molecular weight excluding hydrogens is 846 g/mol. The summed E-state index contributed by atoms with van der Waals surface area (Å²) in [6.07, 6.45) is 0.596. The summed E-state index contributed by atoms with van der Waals surface area (Å²) in [5.41, 5.74) is 4.60. The number of ether oxygens (including phenoxy) is 8. The Labute approximate surface area is 331 Å². The van der Waals surface area contributed by atoms with E-state index >= 15 is 0 Å². The molecule has 1 fully saturated rings. The maximum atomic E-state index is 13.2. The Morgan fingerprint density at radius 1 is 1.13 bits per heavy atom. The van der Waals surface area contributed by atoms with Crippen LogP contribution in [0.5, 0.6) is 28.7 Å². The van der Waals surface area contributed by atoms with E-state index in [1.54, 1.807) is 21.1 Å². The molecule has 6 rings (SSSR count). The maximum absolute atomic E-state index is 13.2.